The second kappa shape index (κ2) is 4.18. The number of fused-ring (bicyclic) bond motifs is 1. The number of aromatic nitrogens is 4. The summed E-state index contributed by atoms with van der Waals surface area (Å²) in [5.74, 6) is 0.574. The van der Waals surface area contributed by atoms with Crippen LogP contribution in [-0.4, -0.2) is 41.9 Å². The Hall–Kier alpha value is -2.19. The lowest BCUT2D eigenvalue weighted by atomic mass is 10.2. The van der Waals surface area contributed by atoms with Gasteiger partial charge in [0.2, 0.25) is 6.23 Å². The number of hydrogen-bond donors (Lipinski definition) is 3. The van der Waals surface area contributed by atoms with Crippen molar-refractivity contribution in [3.8, 4) is 0 Å². The first-order chi connectivity index (χ1) is 9.13. The summed E-state index contributed by atoms with van der Waals surface area (Å²) in [7, 11) is 0. The molecular weight excluding hydrogens is 250 g/mol. The first kappa shape index (κ1) is 11.9. The van der Waals surface area contributed by atoms with Crippen LogP contribution in [0, 0.1) is 0 Å². The third kappa shape index (κ3) is 1.65. The van der Waals surface area contributed by atoms with E-state index in [1.807, 2.05) is 0 Å². The van der Waals surface area contributed by atoms with Crippen molar-refractivity contribution in [3.63, 3.8) is 0 Å². The molecule has 1 aliphatic heterocycles. The minimum atomic E-state index is -1.10. The van der Waals surface area contributed by atoms with Gasteiger partial charge in [-0.3, -0.25) is 4.57 Å². The van der Waals surface area contributed by atoms with Crippen LogP contribution in [0.3, 0.4) is 0 Å². The number of aliphatic hydroxyl groups excluding tert-OH is 2. The second-order valence-electron chi connectivity index (χ2n) is 4.22. The monoisotopic (exact) mass is 263 g/mol. The average molecular weight is 263 g/mol. The van der Waals surface area contributed by atoms with E-state index in [2.05, 4.69) is 15.0 Å². The summed E-state index contributed by atoms with van der Waals surface area (Å²) in [6, 6.07) is 0. The van der Waals surface area contributed by atoms with Crippen LogP contribution in [0.2, 0.25) is 0 Å². The highest BCUT2D eigenvalue weighted by atomic mass is 16.5. The summed E-state index contributed by atoms with van der Waals surface area (Å²) >= 11 is 0. The summed E-state index contributed by atoms with van der Waals surface area (Å²) in [6.45, 7) is 1.72. The summed E-state index contributed by atoms with van der Waals surface area (Å²) in [6.07, 6.45) is 1.42. The maximum atomic E-state index is 10.0. The molecule has 0 amide bonds. The Balaban J connectivity index is 2.09. The van der Waals surface area contributed by atoms with Crippen LogP contribution in [0.25, 0.3) is 11.2 Å². The van der Waals surface area contributed by atoms with Crippen LogP contribution < -0.4 is 5.73 Å². The molecule has 1 aliphatic rings. The van der Waals surface area contributed by atoms with E-state index in [4.69, 9.17) is 10.5 Å². The number of hydrogen-bond acceptors (Lipinski definition) is 7. The molecular formula is C11H13N5O3. The van der Waals surface area contributed by atoms with Gasteiger partial charge in [0.1, 0.15) is 36.1 Å². The highest BCUT2D eigenvalue weighted by molar-refractivity contribution is 5.81. The molecule has 0 radical (unpaired) electrons. The number of nitrogens with zero attached hydrogens (tertiary/aromatic N) is 4. The molecule has 0 bridgehead atoms. The van der Waals surface area contributed by atoms with E-state index in [0.29, 0.717) is 16.9 Å². The standard InChI is InChI=1S/C11H13N5O3/c1-2-5-7(17)8(18)11(19-5)16-4-15-6-9(12)13-3-14-10(6)16/h2-4,7-8,11,17-18H,1H3,(H2,12,13,14)/b5-2+/t7-,8+,11-/m1/s1. The predicted octanol–water partition coefficient (Wildman–Crippen LogP) is -0.437. The maximum absolute atomic E-state index is 10.0. The second-order valence-corrected chi connectivity index (χ2v) is 4.22. The molecule has 3 rings (SSSR count). The zero-order chi connectivity index (χ0) is 13.6. The van der Waals surface area contributed by atoms with Gasteiger partial charge in [-0.05, 0) is 13.0 Å². The first-order valence-electron chi connectivity index (χ1n) is 5.75. The van der Waals surface area contributed by atoms with E-state index in [9.17, 15) is 10.2 Å². The van der Waals surface area contributed by atoms with E-state index in [1.165, 1.54) is 17.2 Å². The molecule has 1 fully saturated rings. The highest BCUT2D eigenvalue weighted by Crippen LogP contribution is 2.33. The molecule has 0 spiro atoms. The van der Waals surface area contributed by atoms with Gasteiger partial charge in [0.05, 0.1) is 0 Å². The number of anilines is 1. The highest BCUT2D eigenvalue weighted by Gasteiger charge is 2.41. The zero-order valence-corrected chi connectivity index (χ0v) is 10.1. The van der Waals surface area contributed by atoms with Gasteiger partial charge < -0.3 is 20.7 Å². The maximum Gasteiger partial charge on any atom is 0.207 e. The minimum Gasteiger partial charge on any atom is -0.469 e. The Bertz CT molecular complexity index is 653. The largest absolute Gasteiger partial charge is 0.469 e. The number of allylic oxidation sites excluding steroid dienone is 1. The van der Waals surface area contributed by atoms with Crippen molar-refractivity contribution in [1.82, 2.24) is 19.5 Å². The van der Waals surface area contributed by atoms with Crippen molar-refractivity contribution >= 4 is 17.0 Å². The molecule has 19 heavy (non-hydrogen) atoms. The lowest BCUT2D eigenvalue weighted by Crippen LogP contribution is -2.27. The number of imidazole rings is 1. The molecule has 0 aromatic carbocycles. The number of nitrogens with two attached hydrogens (primary N) is 1. The third-order valence-electron chi connectivity index (χ3n) is 3.11. The van der Waals surface area contributed by atoms with E-state index in [0.717, 1.165) is 0 Å². The van der Waals surface area contributed by atoms with Gasteiger partial charge in [-0.2, -0.15) is 0 Å². The SMILES string of the molecule is C/C=C1/O[C@@H](n2cnc3c(N)ncnc32)[C@@H](O)[C@@H]1O. The molecule has 2 aromatic heterocycles. The Labute approximate surface area is 108 Å². The molecule has 0 aliphatic carbocycles. The van der Waals surface area contributed by atoms with Crippen molar-refractivity contribution in [2.45, 2.75) is 25.4 Å². The fourth-order valence-corrected chi connectivity index (χ4v) is 2.12. The summed E-state index contributed by atoms with van der Waals surface area (Å²) in [5, 5.41) is 19.8. The van der Waals surface area contributed by atoms with Crippen LogP contribution in [0.15, 0.2) is 24.5 Å². The Kier molecular flexibility index (Phi) is 2.61. The summed E-state index contributed by atoms with van der Waals surface area (Å²) in [4.78, 5) is 12.0. The molecule has 3 atom stereocenters. The lowest BCUT2D eigenvalue weighted by Gasteiger charge is -2.15. The first-order valence-corrected chi connectivity index (χ1v) is 5.75. The normalized spacial score (nSPS) is 29.0. The quantitative estimate of drug-likeness (QED) is 0.638. The minimum absolute atomic E-state index is 0.253. The number of aliphatic hydroxyl groups is 2. The zero-order valence-electron chi connectivity index (χ0n) is 10.1. The lowest BCUT2D eigenvalue weighted by molar-refractivity contribution is -0.0118. The molecule has 100 valence electrons. The summed E-state index contributed by atoms with van der Waals surface area (Å²) in [5.41, 5.74) is 6.57. The molecule has 8 heteroatoms. The van der Waals surface area contributed by atoms with E-state index in [1.54, 1.807) is 13.0 Å². The molecule has 2 aromatic rings. The molecule has 4 N–H and O–H groups in total. The van der Waals surface area contributed by atoms with Gasteiger partial charge in [0.15, 0.2) is 11.5 Å². The Morgan fingerprint density at radius 1 is 1.37 bits per heavy atom. The van der Waals surface area contributed by atoms with E-state index in [-0.39, 0.29) is 5.82 Å². The smallest absolute Gasteiger partial charge is 0.207 e. The van der Waals surface area contributed by atoms with Crippen molar-refractivity contribution in [2.24, 2.45) is 0 Å². The molecule has 3 heterocycles. The van der Waals surface area contributed by atoms with Gasteiger partial charge in [-0.15, -0.1) is 0 Å². The third-order valence-corrected chi connectivity index (χ3v) is 3.11. The van der Waals surface area contributed by atoms with Crippen molar-refractivity contribution in [1.29, 1.82) is 0 Å². The Morgan fingerprint density at radius 3 is 2.84 bits per heavy atom. The molecule has 0 unspecified atom stereocenters. The van der Waals surface area contributed by atoms with Crippen LogP contribution >= 0.6 is 0 Å². The van der Waals surface area contributed by atoms with E-state index >= 15 is 0 Å². The average Bonchev–Trinajstić information content (AvgIpc) is 2.94. The summed E-state index contributed by atoms with van der Waals surface area (Å²) < 4.78 is 7.04. The van der Waals surface area contributed by atoms with Crippen LogP contribution in [0.1, 0.15) is 13.2 Å². The molecule has 0 saturated carbocycles. The van der Waals surface area contributed by atoms with Gasteiger partial charge in [0.25, 0.3) is 0 Å². The fraction of sp³-hybridized carbons (Fsp3) is 0.364. The van der Waals surface area contributed by atoms with E-state index < -0.39 is 18.4 Å². The van der Waals surface area contributed by atoms with Crippen molar-refractivity contribution in [2.75, 3.05) is 5.73 Å². The van der Waals surface area contributed by atoms with Gasteiger partial charge in [-0.25, -0.2) is 15.0 Å². The van der Waals surface area contributed by atoms with Crippen molar-refractivity contribution in [3.05, 3.63) is 24.5 Å². The topological polar surface area (TPSA) is 119 Å². The number of rotatable bonds is 1. The molecule has 1 saturated heterocycles. The predicted molar refractivity (Wildman–Crippen MR) is 65.6 cm³/mol. The van der Waals surface area contributed by atoms with Gasteiger partial charge >= 0.3 is 0 Å². The van der Waals surface area contributed by atoms with Crippen LogP contribution in [-0.2, 0) is 4.74 Å². The van der Waals surface area contributed by atoms with Gasteiger partial charge in [0, 0.05) is 0 Å². The number of nitrogen functional groups attached to an aromatic ring is 1. The fourth-order valence-electron chi connectivity index (χ4n) is 2.12. The number of ether oxygens (including phenoxy) is 1. The van der Waals surface area contributed by atoms with Gasteiger partial charge in [-0.1, -0.05) is 0 Å². The van der Waals surface area contributed by atoms with Crippen molar-refractivity contribution < 1.29 is 14.9 Å². The molecule has 8 nitrogen and oxygen atoms in total. The Morgan fingerprint density at radius 2 is 2.16 bits per heavy atom. The van der Waals surface area contributed by atoms with Crippen LogP contribution in [0.4, 0.5) is 5.82 Å². The van der Waals surface area contributed by atoms with Crippen LogP contribution in [0.5, 0.6) is 0 Å².